The molecule has 2 N–H and O–H groups in total. The van der Waals surface area contributed by atoms with Crippen molar-refractivity contribution in [3.05, 3.63) is 0 Å². The van der Waals surface area contributed by atoms with Crippen LogP contribution in [0.25, 0.3) is 0 Å². The van der Waals surface area contributed by atoms with E-state index >= 15 is 0 Å². The van der Waals surface area contributed by atoms with E-state index in [9.17, 15) is 14.3 Å². The molecule has 31 heavy (non-hydrogen) atoms. The number of nitrogens with two attached hydrogens (primary N) is 1. The minimum atomic E-state index is -4.15. The van der Waals surface area contributed by atoms with Gasteiger partial charge in [-0.2, -0.15) is 11.8 Å². The van der Waals surface area contributed by atoms with Crippen molar-refractivity contribution in [3.8, 4) is 0 Å². The molecule has 0 radical (unpaired) electrons. The lowest BCUT2D eigenvalue weighted by Gasteiger charge is -2.27. The fourth-order valence-electron chi connectivity index (χ4n) is 1.27. The van der Waals surface area contributed by atoms with Gasteiger partial charge in [-0.05, 0) is 6.92 Å². The summed E-state index contributed by atoms with van der Waals surface area (Å²) in [5.41, 5.74) is 5.13. The van der Waals surface area contributed by atoms with E-state index in [-0.39, 0.29) is 68.0 Å². The second-order valence-corrected chi connectivity index (χ2v) is 9.34. The quantitative estimate of drug-likeness (QED) is 0.158. The lowest BCUT2D eigenvalue weighted by Crippen LogP contribution is -2.37. The number of quaternary nitrogens is 1. The lowest BCUT2D eigenvalue weighted by atomic mass is 10.1. The van der Waals surface area contributed by atoms with Crippen molar-refractivity contribution >= 4 is 25.4 Å². The van der Waals surface area contributed by atoms with Gasteiger partial charge in [-0.15, -0.1) is 0 Å². The van der Waals surface area contributed by atoms with Crippen molar-refractivity contribution in [1.29, 1.82) is 0 Å². The summed E-state index contributed by atoms with van der Waals surface area (Å²) < 4.78 is 30.5. The van der Waals surface area contributed by atoms with E-state index < -0.39 is 7.82 Å². The van der Waals surface area contributed by atoms with E-state index in [2.05, 4.69) is 13.8 Å². The van der Waals surface area contributed by atoms with Crippen LogP contribution in [0.4, 0.5) is 0 Å². The van der Waals surface area contributed by atoms with Crippen molar-refractivity contribution in [2.45, 2.75) is 43.6 Å². The number of hydrogen-bond acceptors (Lipinski definition) is 9. The number of phosphoric ester groups is 1. The number of nitrogens with zero attached hydrogens (tertiary/aromatic N) is 1. The van der Waals surface area contributed by atoms with Crippen LogP contribution in [0.1, 0.15) is 43.6 Å². The van der Waals surface area contributed by atoms with Crippen LogP contribution in [0.3, 0.4) is 0 Å². The number of ketones is 1. The Morgan fingerprint density at radius 1 is 1.06 bits per heavy atom. The average Bonchev–Trinajstić information content (AvgIpc) is 2.53. The van der Waals surface area contributed by atoms with E-state index in [1.807, 2.05) is 28.1 Å². The minimum Gasteiger partial charge on any atom is -0.756 e. The SMILES string of the molecule is C.C.C.C.CC(=O)C(C)CSCCOCN.COCCOP(=O)([O-])OCC[N+](C)(C)C. The Hall–Kier alpha value is -0.0300. The first-order chi connectivity index (χ1) is 12.4. The average molecular weight is 497 g/mol. The molecule has 0 aliphatic heterocycles. The summed E-state index contributed by atoms with van der Waals surface area (Å²) in [5.74, 6) is 2.20. The van der Waals surface area contributed by atoms with Gasteiger partial charge in [-0.3, -0.25) is 9.36 Å². The molecular weight excluding hydrogens is 443 g/mol. The van der Waals surface area contributed by atoms with Gasteiger partial charge in [-0.1, -0.05) is 36.6 Å². The van der Waals surface area contributed by atoms with Crippen molar-refractivity contribution in [2.24, 2.45) is 11.7 Å². The number of hydrogen-bond donors (Lipinski definition) is 1. The third-order valence-electron chi connectivity index (χ3n) is 3.10. The second kappa shape index (κ2) is 26.2. The first-order valence-corrected chi connectivity index (χ1v) is 11.3. The van der Waals surface area contributed by atoms with Crippen molar-refractivity contribution in [3.63, 3.8) is 0 Å². The summed E-state index contributed by atoms with van der Waals surface area (Å²) in [6.45, 7) is 5.46. The zero-order valence-electron chi connectivity index (χ0n) is 17.5. The molecular formula is C20H53N2O7PS. The highest BCUT2D eigenvalue weighted by atomic mass is 32.2. The first kappa shape index (κ1) is 44.6. The Bertz CT molecular complexity index is 425. The molecule has 0 aromatic heterocycles. The van der Waals surface area contributed by atoms with Gasteiger partial charge in [0.2, 0.25) is 0 Å². The summed E-state index contributed by atoms with van der Waals surface area (Å²) in [7, 11) is 3.17. The van der Waals surface area contributed by atoms with Crippen LogP contribution in [0.15, 0.2) is 0 Å². The van der Waals surface area contributed by atoms with Crippen LogP contribution < -0.4 is 10.6 Å². The molecule has 0 aliphatic carbocycles. The molecule has 0 spiro atoms. The minimum absolute atomic E-state index is 0. The molecule has 0 aliphatic rings. The fraction of sp³-hybridized carbons (Fsp3) is 0.950. The molecule has 0 saturated heterocycles. The van der Waals surface area contributed by atoms with E-state index in [1.54, 1.807) is 18.7 Å². The van der Waals surface area contributed by atoms with E-state index in [4.69, 9.17) is 10.5 Å². The number of Topliss-reactive ketones (excluding diaryl/α,β-unsaturated/α-hetero) is 1. The van der Waals surface area contributed by atoms with Gasteiger partial charge in [0.1, 0.15) is 18.9 Å². The Balaban J connectivity index is -0.0000000909. The number of carbonyl (C=O) groups excluding carboxylic acids is 1. The Morgan fingerprint density at radius 3 is 2.00 bits per heavy atom. The summed E-state index contributed by atoms with van der Waals surface area (Å²) in [6, 6.07) is 0. The maximum absolute atomic E-state index is 11.1. The normalized spacial score (nSPS) is 12.9. The van der Waals surface area contributed by atoms with Crippen LogP contribution in [-0.2, 0) is 27.9 Å². The van der Waals surface area contributed by atoms with Crippen LogP contribution in [0, 0.1) is 5.92 Å². The van der Waals surface area contributed by atoms with Crippen LogP contribution >= 0.6 is 19.6 Å². The van der Waals surface area contributed by atoms with Crippen LogP contribution in [0.5, 0.6) is 0 Å². The number of ether oxygens (including phenoxy) is 2. The molecule has 0 rings (SSSR count). The highest BCUT2D eigenvalue weighted by molar-refractivity contribution is 7.99. The van der Waals surface area contributed by atoms with Gasteiger partial charge >= 0.3 is 0 Å². The monoisotopic (exact) mass is 496 g/mol. The Labute approximate surface area is 197 Å². The third-order valence-corrected chi connectivity index (χ3v) is 5.29. The molecule has 2 atom stereocenters. The largest absolute Gasteiger partial charge is 0.756 e. The highest BCUT2D eigenvalue weighted by Gasteiger charge is 2.12. The zero-order chi connectivity index (χ0) is 21.3. The molecule has 0 amide bonds. The number of likely N-dealkylation sites (N-methyl/N-ethyl adjacent to an activating group) is 1. The lowest BCUT2D eigenvalue weighted by molar-refractivity contribution is -0.870. The predicted octanol–water partition coefficient (Wildman–Crippen LogP) is 3.26. The van der Waals surface area contributed by atoms with Gasteiger partial charge in [0.15, 0.2) is 0 Å². The standard InChI is InChI=1S/C8H20NO5P.C8H17NO2S.4CH4/c1-9(2,3)5-6-13-15(10,11)14-8-7-12-4;1-7(8(2)10)5-12-4-3-11-6-9;;;;/h5-8H2,1-4H3;7H,3-6,9H2,1-2H3;4*1H4. The van der Waals surface area contributed by atoms with Crippen molar-refractivity contribution in [1.82, 2.24) is 0 Å². The molecule has 0 aromatic carbocycles. The summed E-state index contributed by atoms with van der Waals surface area (Å²) >= 11 is 1.73. The van der Waals surface area contributed by atoms with Crippen molar-refractivity contribution < 1.29 is 37.3 Å². The summed E-state index contributed by atoms with van der Waals surface area (Å²) in [4.78, 5) is 21.9. The molecule has 0 saturated carbocycles. The summed E-state index contributed by atoms with van der Waals surface area (Å²) in [6.07, 6.45) is 0. The topological polar surface area (TPSA) is 120 Å². The maximum Gasteiger partial charge on any atom is 0.268 e. The first-order valence-electron chi connectivity index (χ1n) is 8.70. The molecule has 0 aromatic rings. The number of thioether (sulfide) groups is 1. The molecule has 0 bridgehead atoms. The molecule has 0 fully saturated rings. The number of methoxy groups -OCH3 is 1. The smallest absolute Gasteiger partial charge is 0.268 e. The third kappa shape index (κ3) is 37.6. The van der Waals surface area contributed by atoms with Crippen LogP contribution in [-0.4, -0.2) is 89.7 Å². The Kier molecular flexibility index (Phi) is 37.7. The number of carbonyl (C=O) groups is 1. The predicted molar refractivity (Wildman–Crippen MR) is 133 cm³/mol. The molecule has 196 valence electrons. The van der Waals surface area contributed by atoms with Gasteiger partial charge in [0, 0.05) is 24.5 Å². The summed E-state index contributed by atoms with van der Waals surface area (Å²) in [5, 5.41) is 0. The number of phosphoric acid groups is 1. The van der Waals surface area contributed by atoms with Crippen molar-refractivity contribution in [2.75, 3.05) is 79.5 Å². The van der Waals surface area contributed by atoms with E-state index in [1.165, 1.54) is 7.11 Å². The van der Waals surface area contributed by atoms with Gasteiger partial charge in [-0.25, -0.2) is 0 Å². The molecule has 0 heterocycles. The zero-order valence-corrected chi connectivity index (χ0v) is 19.2. The molecule has 11 heteroatoms. The Morgan fingerprint density at radius 2 is 1.58 bits per heavy atom. The van der Waals surface area contributed by atoms with Crippen LogP contribution in [0.2, 0.25) is 0 Å². The molecule has 9 nitrogen and oxygen atoms in total. The van der Waals surface area contributed by atoms with Gasteiger partial charge in [0.25, 0.3) is 7.82 Å². The van der Waals surface area contributed by atoms with E-state index in [0.717, 1.165) is 11.5 Å². The highest BCUT2D eigenvalue weighted by Crippen LogP contribution is 2.37. The maximum atomic E-state index is 11.1. The molecule has 2 unspecified atom stereocenters. The number of rotatable bonds is 15. The van der Waals surface area contributed by atoms with Gasteiger partial charge < -0.3 is 33.6 Å². The van der Waals surface area contributed by atoms with E-state index in [0.29, 0.717) is 17.6 Å². The van der Waals surface area contributed by atoms with Gasteiger partial charge in [0.05, 0.1) is 47.7 Å². The fourth-order valence-corrected chi connectivity index (χ4v) is 2.94. The second-order valence-electron chi connectivity index (χ2n) is 6.78.